The highest BCUT2D eigenvalue weighted by Crippen LogP contribution is 2.24. The van der Waals surface area contributed by atoms with Gasteiger partial charge in [-0.1, -0.05) is 4.89 Å². The van der Waals surface area contributed by atoms with Crippen molar-refractivity contribution in [1.29, 1.82) is 0 Å². The van der Waals surface area contributed by atoms with E-state index in [0.29, 0.717) is 4.88 Å². The van der Waals surface area contributed by atoms with Crippen LogP contribution in [0.1, 0.15) is 9.75 Å². The second-order valence-electron chi connectivity index (χ2n) is 3.05. The van der Waals surface area contributed by atoms with Gasteiger partial charge in [0.1, 0.15) is 0 Å². The summed E-state index contributed by atoms with van der Waals surface area (Å²) in [6.07, 6.45) is 0. The van der Waals surface area contributed by atoms with E-state index in [1.165, 1.54) is 17.4 Å². The number of hydrogen-bond acceptors (Lipinski definition) is 5. The van der Waals surface area contributed by atoms with E-state index in [1.807, 2.05) is 0 Å². The average molecular weight is 265 g/mol. The monoisotopic (exact) mass is 265 g/mol. The molecule has 16 heavy (non-hydrogen) atoms. The van der Waals surface area contributed by atoms with Crippen molar-refractivity contribution in [3.8, 4) is 0 Å². The molecule has 0 aliphatic carbocycles. The van der Waals surface area contributed by atoms with E-state index in [2.05, 4.69) is 4.84 Å². The van der Waals surface area contributed by atoms with Gasteiger partial charge < -0.3 is 5.11 Å². The maximum Gasteiger partial charge on any atom is 0.331 e. The number of hydrogen-bond donors (Lipinski definition) is 2. The number of carboxylic acids is 1. The first-order chi connectivity index (χ1) is 7.33. The molecule has 0 atom stereocenters. The van der Waals surface area contributed by atoms with Crippen LogP contribution in [-0.2, 0) is 19.7 Å². The van der Waals surface area contributed by atoms with Crippen LogP contribution in [0.4, 0.5) is 0 Å². The third-order valence-corrected chi connectivity index (χ3v) is 4.08. The van der Waals surface area contributed by atoms with Crippen molar-refractivity contribution in [2.75, 3.05) is 6.61 Å². The van der Waals surface area contributed by atoms with Crippen LogP contribution in [0.25, 0.3) is 0 Å². The SMILES string of the molecule is Cc1cc(S(=O)(=O)NOCC(=O)O)c(C)s1. The molecule has 1 rings (SSSR count). The number of nitrogens with one attached hydrogen (secondary N) is 1. The van der Waals surface area contributed by atoms with Crippen LogP contribution in [-0.4, -0.2) is 26.1 Å². The molecule has 0 aliphatic heterocycles. The zero-order valence-electron chi connectivity index (χ0n) is 8.68. The van der Waals surface area contributed by atoms with Crippen molar-refractivity contribution in [2.45, 2.75) is 18.7 Å². The first kappa shape index (κ1) is 13.1. The maximum atomic E-state index is 11.6. The smallest absolute Gasteiger partial charge is 0.331 e. The molecule has 0 fully saturated rings. The average Bonchev–Trinajstić information content (AvgIpc) is 2.44. The van der Waals surface area contributed by atoms with Gasteiger partial charge in [0.25, 0.3) is 10.0 Å². The highest BCUT2D eigenvalue weighted by atomic mass is 32.2. The predicted molar refractivity (Wildman–Crippen MR) is 57.7 cm³/mol. The van der Waals surface area contributed by atoms with Gasteiger partial charge in [-0.25, -0.2) is 13.2 Å². The van der Waals surface area contributed by atoms with E-state index in [4.69, 9.17) is 5.11 Å². The molecule has 8 heteroatoms. The predicted octanol–water partition coefficient (Wildman–Crippen LogP) is 0.659. The van der Waals surface area contributed by atoms with Crippen LogP contribution in [0.15, 0.2) is 11.0 Å². The molecule has 0 spiro atoms. The summed E-state index contributed by atoms with van der Waals surface area (Å²) in [6, 6.07) is 1.51. The minimum atomic E-state index is -3.79. The molecule has 0 radical (unpaired) electrons. The van der Waals surface area contributed by atoms with Crippen molar-refractivity contribution in [2.24, 2.45) is 0 Å². The fourth-order valence-electron chi connectivity index (χ4n) is 1.09. The number of aliphatic carboxylic acids is 1. The normalized spacial score (nSPS) is 11.6. The standard InChI is InChI=1S/C8H11NO5S2/c1-5-3-7(6(2)15-5)16(12,13)9-14-4-8(10)11/h3,9H,4H2,1-2H3,(H,10,11). The van der Waals surface area contributed by atoms with Crippen molar-refractivity contribution in [3.05, 3.63) is 15.8 Å². The lowest BCUT2D eigenvalue weighted by atomic mass is 10.4. The van der Waals surface area contributed by atoms with Gasteiger partial charge >= 0.3 is 5.97 Å². The van der Waals surface area contributed by atoms with E-state index in [0.717, 1.165) is 4.88 Å². The molecule has 1 aromatic rings. The van der Waals surface area contributed by atoms with Gasteiger partial charge in [0.2, 0.25) is 0 Å². The van der Waals surface area contributed by atoms with Crippen LogP contribution < -0.4 is 4.89 Å². The lowest BCUT2D eigenvalue weighted by molar-refractivity contribution is -0.143. The van der Waals surface area contributed by atoms with E-state index in [1.54, 1.807) is 18.7 Å². The van der Waals surface area contributed by atoms with Gasteiger partial charge in [-0.15, -0.1) is 11.3 Å². The van der Waals surface area contributed by atoms with E-state index in [-0.39, 0.29) is 4.90 Å². The summed E-state index contributed by atoms with van der Waals surface area (Å²) >= 11 is 1.34. The van der Waals surface area contributed by atoms with Gasteiger partial charge in [-0.3, -0.25) is 4.84 Å². The van der Waals surface area contributed by atoms with Gasteiger partial charge in [0.15, 0.2) is 6.61 Å². The van der Waals surface area contributed by atoms with Crippen molar-refractivity contribution < 1.29 is 23.2 Å². The molecule has 6 nitrogen and oxygen atoms in total. The second kappa shape index (κ2) is 4.91. The van der Waals surface area contributed by atoms with E-state index < -0.39 is 22.6 Å². The van der Waals surface area contributed by atoms with Gasteiger partial charge in [-0.2, -0.15) is 0 Å². The number of aryl methyl sites for hydroxylation is 2. The molecule has 1 aromatic heterocycles. The molecule has 0 unspecified atom stereocenters. The van der Waals surface area contributed by atoms with Gasteiger partial charge in [0.05, 0.1) is 4.90 Å². The van der Waals surface area contributed by atoms with Crippen LogP contribution >= 0.6 is 11.3 Å². The van der Waals surface area contributed by atoms with E-state index >= 15 is 0 Å². The fraction of sp³-hybridized carbons (Fsp3) is 0.375. The molecular weight excluding hydrogens is 254 g/mol. The highest BCUT2D eigenvalue weighted by molar-refractivity contribution is 7.89. The molecule has 1 heterocycles. The van der Waals surface area contributed by atoms with E-state index in [9.17, 15) is 13.2 Å². The summed E-state index contributed by atoms with van der Waals surface area (Å²) in [5.41, 5.74) is 0. The Kier molecular flexibility index (Phi) is 4.03. The van der Waals surface area contributed by atoms with Crippen LogP contribution in [0.3, 0.4) is 0 Å². The number of rotatable bonds is 5. The quantitative estimate of drug-likeness (QED) is 0.763. The Morgan fingerprint density at radius 1 is 1.56 bits per heavy atom. The fourth-order valence-corrected chi connectivity index (χ4v) is 3.45. The molecule has 0 amide bonds. The highest BCUT2D eigenvalue weighted by Gasteiger charge is 2.19. The Morgan fingerprint density at radius 3 is 2.62 bits per heavy atom. The Balaban J connectivity index is 2.78. The summed E-state index contributed by atoms with van der Waals surface area (Å²) in [5, 5.41) is 8.28. The zero-order chi connectivity index (χ0) is 12.3. The summed E-state index contributed by atoms with van der Waals surface area (Å²) in [6.45, 7) is 2.74. The van der Waals surface area contributed by atoms with Crippen LogP contribution in [0, 0.1) is 13.8 Å². The van der Waals surface area contributed by atoms with Crippen LogP contribution in [0.2, 0.25) is 0 Å². The maximum absolute atomic E-state index is 11.6. The number of carboxylic acid groups (broad SMARTS) is 1. The molecule has 2 N–H and O–H groups in total. The summed E-state index contributed by atoms with van der Waals surface area (Å²) < 4.78 is 23.3. The van der Waals surface area contributed by atoms with Crippen molar-refractivity contribution in [1.82, 2.24) is 4.89 Å². The van der Waals surface area contributed by atoms with Crippen molar-refractivity contribution in [3.63, 3.8) is 0 Å². The first-order valence-corrected chi connectivity index (χ1v) is 6.55. The molecule has 0 bridgehead atoms. The summed E-state index contributed by atoms with van der Waals surface area (Å²) in [5.74, 6) is -1.25. The third-order valence-electron chi connectivity index (χ3n) is 1.65. The Morgan fingerprint density at radius 2 is 2.19 bits per heavy atom. The molecule has 0 aromatic carbocycles. The molecule has 90 valence electrons. The topological polar surface area (TPSA) is 92.7 Å². The molecule has 0 saturated carbocycles. The lowest BCUT2D eigenvalue weighted by Gasteiger charge is -2.04. The van der Waals surface area contributed by atoms with Gasteiger partial charge in [-0.05, 0) is 19.9 Å². The summed E-state index contributed by atoms with van der Waals surface area (Å²) in [7, 11) is -3.79. The van der Waals surface area contributed by atoms with Gasteiger partial charge in [0, 0.05) is 9.75 Å². The molecule has 0 saturated heterocycles. The minimum absolute atomic E-state index is 0.111. The number of sulfonamides is 1. The molecular formula is C8H11NO5S2. The Labute approximate surface area is 96.9 Å². The zero-order valence-corrected chi connectivity index (χ0v) is 10.3. The largest absolute Gasteiger partial charge is 0.479 e. The van der Waals surface area contributed by atoms with Crippen molar-refractivity contribution >= 4 is 27.3 Å². The van der Waals surface area contributed by atoms with Crippen LogP contribution in [0.5, 0.6) is 0 Å². The number of carbonyl (C=O) groups is 1. The second-order valence-corrected chi connectivity index (χ2v) is 6.12. The third kappa shape index (κ3) is 3.27. The minimum Gasteiger partial charge on any atom is -0.479 e. The number of thiophene rings is 1. The first-order valence-electron chi connectivity index (χ1n) is 4.25. The summed E-state index contributed by atoms with van der Waals surface area (Å²) in [4.78, 5) is 17.8. The Hall–Kier alpha value is -0.960. The Bertz CT molecular complexity index is 491. The lowest BCUT2D eigenvalue weighted by Crippen LogP contribution is -2.26. The molecule has 0 aliphatic rings.